The third-order valence-electron chi connectivity index (χ3n) is 1.53. The fraction of sp³-hybridized carbons (Fsp3) is 0.429. The van der Waals surface area contributed by atoms with E-state index in [9.17, 15) is 14.9 Å². The predicted molar refractivity (Wildman–Crippen MR) is 48.6 cm³/mol. The molecule has 0 fully saturated rings. The van der Waals surface area contributed by atoms with E-state index in [4.69, 9.17) is 15.0 Å². The molecule has 0 bridgehead atoms. The summed E-state index contributed by atoms with van der Waals surface area (Å²) in [6.07, 6.45) is 0.452. The Hall–Kier alpha value is 0.910. The van der Waals surface area contributed by atoms with Crippen LogP contribution in [0.1, 0.15) is 0 Å². The molecule has 0 spiro atoms. The van der Waals surface area contributed by atoms with Crippen molar-refractivity contribution in [1.82, 2.24) is 9.55 Å². The molecule has 0 aliphatic heterocycles. The Morgan fingerprint density at radius 3 is 2.53 bits per heavy atom. The van der Waals surface area contributed by atoms with Crippen LogP contribution in [-0.2, 0) is 16.2 Å². The van der Waals surface area contributed by atoms with Crippen molar-refractivity contribution in [3.63, 3.8) is 0 Å². The molecule has 0 saturated heterocycles. The Morgan fingerprint density at radius 1 is 1.37 bits per heavy atom. The monoisotopic (exact) mass is 309 g/mol. The first-order chi connectivity index (χ1) is 7.88. The Balaban J connectivity index is 0. The van der Waals surface area contributed by atoms with Crippen LogP contribution in [0, 0.1) is 5.41 Å². The fourth-order valence-corrected chi connectivity index (χ4v) is 1.18. The standard InChI is InChI=1S/C7H12N3O6P.2Na/c8-6-1-2-10(7(11)9-6)3-15-4-16-5-17(12,13)14;;/h1-2H,3-5H2,(H2,8,9,11)(H2,12,13,14);;/q;2*+1/p-2. The van der Waals surface area contributed by atoms with Crippen molar-refractivity contribution in [2.45, 2.75) is 6.73 Å². The summed E-state index contributed by atoms with van der Waals surface area (Å²) in [5.41, 5.74) is -0.157. The van der Waals surface area contributed by atoms with Crippen LogP contribution in [0.2, 0.25) is 0 Å². The first-order valence-electron chi connectivity index (χ1n) is 4.36. The van der Waals surface area contributed by atoms with Gasteiger partial charge < -0.3 is 28.9 Å². The molecule has 96 valence electrons. The van der Waals surface area contributed by atoms with Crippen molar-refractivity contribution >= 4 is 7.94 Å². The maximum absolute atomic E-state index is 11.1. The van der Waals surface area contributed by atoms with E-state index < -0.39 is 27.1 Å². The number of hydrogen-bond donors (Lipinski definition) is 2. The second-order valence-electron chi connectivity index (χ2n) is 2.99. The number of rotatable bonds is 6. The summed E-state index contributed by atoms with van der Waals surface area (Å²) >= 11 is 0. The molecule has 0 radical (unpaired) electrons. The van der Waals surface area contributed by atoms with Gasteiger partial charge in [-0.3, -0.25) is 10.3 Å². The van der Waals surface area contributed by atoms with Crippen molar-refractivity contribution in [2.75, 3.05) is 13.1 Å². The van der Waals surface area contributed by atoms with Gasteiger partial charge in [0, 0.05) is 6.20 Å². The van der Waals surface area contributed by atoms with Gasteiger partial charge in [-0.25, -0.2) is 4.98 Å². The van der Waals surface area contributed by atoms with Gasteiger partial charge in [0.25, 0.3) is 0 Å². The van der Waals surface area contributed by atoms with Crippen LogP contribution in [0.5, 0.6) is 6.01 Å². The number of nitrogens with one attached hydrogen (secondary N) is 1. The van der Waals surface area contributed by atoms with Crippen molar-refractivity contribution in [2.24, 2.45) is 0 Å². The molecule has 19 heavy (non-hydrogen) atoms. The largest absolute Gasteiger partial charge is 1.00 e. The van der Waals surface area contributed by atoms with Crippen LogP contribution in [0.15, 0.2) is 12.3 Å². The van der Waals surface area contributed by atoms with E-state index in [2.05, 4.69) is 9.72 Å². The van der Waals surface area contributed by atoms with Gasteiger partial charge in [-0.05, 0) is 6.07 Å². The molecule has 0 aliphatic rings. The predicted octanol–water partition coefficient (Wildman–Crippen LogP) is -9.17. The van der Waals surface area contributed by atoms with E-state index in [1.807, 2.05) is 0 Å². The molecular formula is C7H10N3Na2O6P. The third kappa shape index (κ3) is 10.3. The molecule has 0 atom stereocenters. The van der Waals surface area contributed by atoms with Crippen molar-refractivity contribution in [3.8, 4) is 6.01 Å². The van der Waals surface area contributed by atoms with E-state index in [1.54, 1.807) is 0 Å². The van der Waals surface area contributed by atoms with Crippen LogP contribution in [0.4, 0.5) is 0 Å². The molecule has 0 unspecified atom stereocenters. The van der Waals surface area contributed by atoms with Crippen LogP contribution in [-0.4, -0.2) is 27.6 Å². The molecule has 2 N–H and O–H groups in total. The topological polar surface area (TPSA) is 150 Å². The zero-order valence-electron chi connectivity index (χ0n) is 10.6. The molecule has 12 heteroatoms. The molecule has 9 nitrogen and oxygen atoms in total. The molecule has 0 aromatic carbocycles. The Kier molecular flexibility index (Phi) is 12.4. The van der Waals surface area contributed by atoms with Crippen molar-refractivity contribution < 1.29 is 88.4 Å². The maximum Gasteiger partial charge on any atom is 1.00 e. The second-order valence-corrected chi connectivity index (χ2v) is 4.52. The minimum atomic E-state index is -4.45. The summed E-state index contributed by atoms with van der Waals surface area (Å²) in [7, 11) is -4.45. The van der Waals surface area contributed by atoms with Gasteiger partial charge >= 0.3 is 59.1 Å². The molecule has 1 rings (SSSR count). The summed E-state index contributed by atoms with van der Waals surface area (Å²) in [6.45, 7) is -0.595. The summed E-state index contributed by atoms with van der Waals surface area (Å²) in [5.74, 6) is 0. The summed E-state index contributed by atoms with van der Waals surface area (Å²) in [6, 6.07) is 0.639. The van der Waals surface area contributed by atoms with Gasteiger partial charge in [0.2, 0.25) is 0 Å². The first-order valence-corrected chi connectivity index (χ1v) is 6.12. The molecule has 0 saturated carbocycles. The fourth-order valence-electron chi connectivity index (χ4n) is 0.874. The van der Waals surface area contributed by atoms with E-state index >= 15 is 0 Å². The Morgan fingerprint density at radius 2 is 2.00 bits per heavy atom. The maximum atomic E-state index is 11.1. The Bertz CT molecular complexity index is 426. The molecule has 1 aromatic heterocycles. The molecule has 0 amide bonds. The zero-order chi connectivity index (χ0) is 12.9. The van der Waals surface area contributed by atoms with Crippen LogP contribution >= 0.6 is 7.94 Å². The van der Waals surface area contributed by atoms with E-state index in [-0.39, 0.29) is 71.3 Å². The minimum Gasteiger partial charge on any atom is -0.846 e. The average molecular weight is 309 g/mol. The van der Waals surface area contributed by atoms with E-state index in [0.29, 0.717) is 0 Å². The zero-order valence-corrected chi connectivity index (χ0v) is 15.5. The number of hydrogen-bond acceptors (Lipinski definition) is 8. The van der Waals surface area contributed by atoms with Crippen LogP contribution in [0.3, 0.4) is 0 Å². The number of ether oxygens (including phenoxy) is 2. The van der Waals surface area contributed by atoms with Gasteiger partial charge in [0.05, 0.1) is 14.0 Å². The number of aromatic nitrogens is 2. The average Bonchev–Trinajstić information content (AvgIpc) is 2.18. The smallest absolute Gasteiger partial charge is 0.846 e. The van der Waals surface area contributed by atoms with Crippen molar-refractivity contribution in [1.29, 1.82) is 5.41 Å². The third-order valence-corrected chi connectivity index (χ3v) is 2.03. The minimum absolute atomic E-state index is 0. The van der Waals surface area contributed by atoms with E-state index in [1.165, 1.54) is 12.3 Å². The summed E-state index contributed by atoms with van der Waals surface area (Å²) < 4.78 is 10.3. The molecule has 1 heterocycles. The summed E-state index contributed by atoms with van der Waals surface area (Å²) in [4.78, 5) is 32.2. The van der Waals surface area contributed by atoms with Gasteiger partial charge in [0.15, 0.2) is 13.1 Å². The second kappa shape index (κ2) is 10.6. The van der Waals surface area contributed by atoms with Gasteiger partial charge in [-0.1, -0.05) is 0 Å². The number of nitrogens with zero attached hydrogens (tertiary/aromatic N) is 2. The molecule has 0 aliphatic carbocycles. The first kappa shape index (κ1) is 22.2. The van der Waals surface area contributed by atoms with Gasteiger partial charge in [-0.2, -0.15) is 0 Å². The molecular weight excluding hydrogens is 299 g/mol. The normalized spacial score (nSPS) is 10.5. The van der Waals surface area contributed by atoms with E-state index in [0.717, 1.165) is 4.57 Å². The quantitative estimate of drug-likeness (QED) is 0.229. The van der Waals surface area contributed by atoms with Gasteiger partial charge in [0.1, 0.15) is 12.2 Å². The van der Waals surface area contributed by atoms with Crippen LogP contribution in [0.25, 0.3) is 0 Å². The summed E-state index contributed by atoms with van der Waals surface area (Å²) in [5, 5.41) is 18.2. The van der Waals surface area contributed by atoms with Crippen molar-refractivity contribution in [3.05, 3.63) is 17.8 Å². The van der Waals surface area contributed by atoms with Gasteiger partial charge in [-0.15, -0.1) is 0 Å². The Labute approximate surface area is 153 Å². The SMILES string of the molecule is N=c1ccn(COCOC[P+]([O-])([O-])O)c([O-])n1.[Na+].[Na+]. The van der Waals surface area contributed by atoms with Crippen LogP contribution < -0.4 is 79.5 Å². The molecule has 1 aromatic rings.